The van der Waals surface area contributed by atoms with Gasteiger partial charge in [-0.05, 0) is 42.9 Å². The molecule has 0 N–H and O–H groups in total. The summed E-state index contributed by atoms with van der Waals surface area (Å²) in [6, 6.07) is 4.05. The minimum Gasteiger partial charge on any atom is -0.373 e. The van der Waals surface area contributed by atoms with Crippen LogP contribution in [0.3, 0.4) is 0 Å². The van der Waals surface area contributed by atoms with Crippen molar-refractivity contribution in [3.05, 3.63) is 30.1 Å². The van der Waals surface area contributed by atoms with E-state index in [9.17, 15) is 0 Å². The molecule has 1 spiro atoms. The fourth-order valence-corrected chi connectivity index (χ4v) is 3.60. The van der Waals surface area contributed by atoms with Crippen molar-refractivity contribution in [2.24, 2.45) is 5.92 Å². The van der Waals surface area contributed by atoms with Gasteiger partial charge in [0.25, 0.3) is 0 Å². The highest BCUT2D eigenvalue weighted by atomic mass is 16.5. The van der Waals surface area contributed by atoms with Crippen molar-refractivity contribution in [1.82, 2.24) is 9.88 Å². The Morgan fingerprint density at radius 1 is 1.24 bits per heavy atom. The molecule has 4 rings (SSSR count). The van der Waals surface area contributed by atoms with Crippen LogP contribution in [0.4, 0.5) is 0 Å². The Bertz CT molecular complexity index is 469. The predicted molar refractivity (Wildman–Crippen MR) is 79.9 cm³/mol. The zero-order valence-electron chi connectivity index (χ0n) is 12.5. The molecule has 2 aliphatic heterocycles. The minimum atomic E-state index is 0.0933. The highest BCUT2D eigenvalue weighted by Crippen LogP contribution is 2.38. The summed E-state index contributed by atoms with van der Waals surface area (Å²) in [6.45, 7) is 5.04. The Hall–Kier alpha value is -0.970. The molecule has 1 aromatic rings. The predicted octanol–water partition coefficient (Wildman–Crippen LogP) is 2.24. The number of rotatable bonds is 5. The van der Waals surface area contributed by atoms with Crippen molar-refractivity contribution >= 4 is 0 Å². The number of nitrogens with zero attached hydrogens (tertiary/aromatic N) is 2. The lowest BCUT2D eigenvalue weighted by molar-refractivity contribution is -0.199. The molecule has 21 heavy (non-hydrogen) atoms. The molecule has 0 aromatic carbocycles. The molecule has 1 aliphatic carbocycles. The normalized spacial score (nSPS) is 28.5. The van der Waals surface area contributed by atoms with Gasteiger partial charge in [0.1, 0.15) is 0 Å². The molecule has 1 atom stereocenters. The van der Waals surface area contributed by atoms with Gasteiger partial charge in [-0.2, -0.15) is 0 Å². The largest absolute Gasteiger partial charge is 0.373 e. The van der Waals surface area contributed by atoms with Crippen molar-refractivity contribution < 1.29 is 9.47 Å². The molecule has 0 bridgehead atoms. The van der Waals surface area contributed by atoms with Crippen LogP contribution in [-0.4, -0.2) is 47.8 Å². The van der Waals surface area contributed by atoms with E-state index >= 15 is 0 Å². The lowest BCUT2D eigenvalue weighted by atomic mass is 9.84. The quantitative estimate of drug-likeness (QED) is 0.832. The van der Waals surface area contributed by atoms with Crippen LogP contribution in [0.1, 0.15) is 31.2 Å². The van der Waals surface area contributed by atoms with Gasteiger partial charge >= 0.3 is 0 Å². The molecule has 0 amide bonds. The molecule has 1 unspecified atom stereocenters. The van der Waals surface area contributed by atoms with Crippen molar-refractivity contribution in [3.63, 3.8) is 0 Å². The van der Waals surface area contributed by atoms with E-state index in [2.05, 4.69) is 9.88 Å². The van der Waals surface area contributed by atoms with Crippen LogP contribution in [0.25, 0.3) is 0 Å². The average Bonchev–Trinajstić information content (AvgIpc) is 3.29. The Morgan fingerprint density at radius 3 is 2.81 bits per heavy atom. The molecule has 3 fully saturated rings. The maximum Gasteiger partial charge on any atom is 0.0959 e. The first-order valence-electron chi connectivity index (χ1n) is 8.18. The van der Waals surface area contributed by atoms with E-state index in [0.29, 0.717) is 12.7 Å². The lowest BCUT2D eigenvalue weighted by Gasteiger charge is -2.53. The van der Waals surface area contributed by atoms with Crippen LogP contribution in [0.2, 0.25) is 0 Å². The molecular weight excluding hydrogens is 264 g/mol. The smallest absolute Gasteiger partial charge is 0.0959 e. The first-order valence-corrected chi connectivity index (χ1v) is 8.18. The van der Waals surface area contributed by atoms with Gasteiger partial charge in [-0.15, -0.1) is 0 Å². The first-order chi connectivity index (χ1) is 10.3. The second kappa shape index (κ2) is 5.67. The highest BCUT2D eigenvalue weighted by Gasteiger charge is 2.48. The number of likely N-dealkylation sites (tertiary alicyclic amines) is 1. The van der Waals surface area contributed by atoms with Crippen LogP contribution in [-0.2, 0) is 16.1 Å². The molecule has 4 nitrogen and oxygen atoms in total. The number of aromatic nitrogens is 1. The zero-order chi connectivity index (χ0) is 14.1. The second-order valence-corrected chi connectivity index (χ2v) is 6.93. The van der Waals surface area contributed by atoms with Crippen molar-refractivity contribution in [2.45, 2.75) is 44.0 Å². The minimum absolute atomic E-state index is 0.0933. The molecule has 1 saturated carbocycles. The monoisotopic (exact) mass is 288 g/mol. The Balaban J connectivity index is 1.25. The number of ether oxygens (including phenoxy) is 2. The molecule has 1 aromatic heterocycles. The van der Waals surface area contributed by atoms with Crippen LogP contribution in [0.15, 0.2) is 24.5 Å². The fraction of sp³-hybridized carbons (Fsp3) is 0.706. The maximum atomic E-state index is 6.10. The Labute approximate surface area is 126 Å². The van der Waals surface area contributed by atoms with Crippen LogP contribution < -0.4 is 0 Å². The topological polar surface area (TPSA) is 34.6 Å². The SMILES string of the molecule is c1cc(COC2CCOC3(C2)CN(CC2CC2)C3)ccn1. The third kappa shape index (κ3) is 3.28. The van der Waals surface area contributed by atoms with Crippen LogP contribution in [0, 0.1) is 5.92 Å². The average molecular weight is 288 g/mol. The Morgan fingerprint density at radius 2 is 2.05 bits per heavy atom. The number of hydrogen-bond donors (Lipinski definition) is 0. The summed E-state index contributed by atoms with van der Waals surface area (Å²) >= 11 is 0. The van der Waals surface area contributed by atoms with E-state index < -0.39 is 0 Å². The standard InChI is InChI=1S/C17H24N2O2/c1-2-14(1)10-19-12-17(13-19)9-16(5-8-21-17)20-11-15-3-6-18-7-4-15/h3-4,6-7,14,16H,1-2,5,8-13H2. The summed E-state index contributed by atoms with van der Waals surface area (Å²) in [5.41, 5.74) is 1.30. The van der Waals surface area contributed by atoms with Gasteiger partial charge in [0.2, 0.25) is 0 Å². The van der Waals surface area contributed by atoms with Gasteiger partial charge in [0, 0.05) is 45.1 Å². The second-order valence-electron chi connectivity index (χ2n) is 6.93. The zero-order valence-corrected chi connectivity index (χ0v) is 12.5. The van der Waals surface area contributed by atoms with Gasteiger partial charge in [-0.25, -0.2) is 0 Å². The van der Waals surface area contributed by atoms with Gasteiger partial charge < -0.3 is 9.47 Å². The molecule has 3 heterocycles. The van der Waals surface area contributed by atoms with E-state index in [1.165, 1.54) is 24.9 Å². The third-order valence-electron chi connectivity index (χ3n) is 4.92. The molecular formula is C17H24N2O2. The molecule has 4 heteroatoms. The van der Waals surface area contributed by atoms with Crippen LogP contribution >= 0.6 is 0 Å². The summed E-state index contributed by atoms with van der Waals surface area (Å²) in [7, 11) is 0. The molecule has 0 radical (unpaired) electrons. The fourth-order valence-electron chi connectivity index (χ4n) is 3.60. The molecule has 3 aliphatic rings. The summed E-state index contributed by atoms with van der Waals surface area (Å²) < 4.78 is 12.2. The van der Waals surface area contributed by atoms with Gasteiger partial charge in [-0.1, -0.05) is 0 Å². The van der Waals surface area contributed by atoms with E-state index in [1.807, 2.05) is 24.5 Å². The van der Waals surface area contributed by atoms with Gasteiger partial charge in [0.15, 0.2) is 0 Å². The van der Waals surface area contributed by atoms with E-state index in [0.717, 1.165) is 38.5 Å². The van der Waals surface area contributed by atoms with E-state index in [1.54, 1.807) is 0 Å². The summed E-state index contributed by atoms with van der Waals surface area (Å²) in [6.07, 6.45) is 8.94. The van der Waals surface area contributed by atoms with E-state index in [4.69, 9.17) is 9.47 Å². The summed E-state index contributed by atoms with van der Waals surface area (Å²) in [5.74, 6) is 0.977. The van der Waals surface area contributed by atoms with Gasteiger partial charge in [0.05, 0.1) is 18.3 Å². The van der Waals surface area contributed by atoms with Crippen molar-refractivity contribution in [3.8, 4) is 0 Å². The number of hydrogen-bond acceptors (Lipinski definition) is 4. The Kier molecular flexibility index (Phi) is 3.69. The number of pyridine rings is 1. The maximum absolute atomic E-state index is 6.10. The van der Waals surface area contributed by atoms with Crippen molar-refractivity contribution in [2.75, 3.05) is 26.2 Å². The highest BCUT2D eigenvalue weighted by molar-refractivity contribution is 5.08. The van der Waals surface area contributed by atoms with Gasteiger partial charge in [-0.3, -0.25) is 9.88 Å². The lowest BCUT2D eigenvalue weighted by Crippen LogP contribution is -2.66. The molecule has 114 valence electrons. The van der Waals surface area contributed by atoms with E-state index in [-0.39, 0.29) is 5.60 Å². The van der Waals surface area contributed by atoms with Crippen molar-refractivity contribution in [1.29, 1.82) is 0 Å². The third-order valence-corrected chi connectivity index (χ3v) is 4.92. The molecule has 2 saturated heterocycles. The summed E-state index contributed by atoms with van der Waals surface area (Å²) in [4.78, 5) is 6.60. The summed E-state index contributed by atoms with van der Waals surface area (Å²) in [5, 5.41) is 0. The van der Waals surface area contributed by atoms with Crippen LogP contribution in [0.5, 0.6) is 0 Å². The first kappa shape index (κ1) is 13.7.